The number of fused-ring (bicyclic) bond motifs is 5. The third-order valence-corrected chi connectivity index (χ3v) is 8.29. The normalized spacial score (nSPS) is 55.8. The van der Waals surface area contributed by atoms with E-state index in [2.05, 4.69) is 32.9 Å². The van der Waals surface area contributed by atoms with Crippen molar-refractivity contribution in [3.8, 4) is 0 Å². The van der Waals surface area contributed by atoms with Crippen molar-refractivity contribution in [2.45, 2.75) is 65.7 Å². The van der Waals surface area contributed by atoms with Crippen LogP contribution in [-0.4, -0.2) is 5.78 Å². The van der Waals surface area contributed by atoms with Crippen LogP contribution in [-0.2, 0) is 4.79 Å². The van der Waals surface area contributed by atoms with Gasteiger partial charge in [0, 0.05) is 11.8 Å². The van der Waals surface area contributed by atoms with Gasteiger partial charge < -0.3 is 0 Å². The summed E-state index contributed by atoms with van der Waals surface area (Å²) in [7, 11) is 0. The molecular weight excluding hydrogens is 256 g/mol. The van der Waals surface area contributed by atoms with E-state index in [1.165, 1.54) is 32.1 Å². The molecule has 0 bridgehead atoms. The molecule has 1 nitrogen and oxygen atoms in total. The molecule has 3 saturated carbocycles. The summed E-state index contributed by atoms with van der Waals surface area (Å²) in [5.74, 6) is 4.67. The summed E-state index contributed by atoms with van der Waals surface area (Å²) in [4.78, 5) is 12.4. The van der Waals surface area contributed by atoms with Crippen LogP contribution in [0.1, 0.15) is 65.7 Å². The predicted octanol–water partition coefficient (Wildman–Crippen LogP) is 5.01. The summed E-state index contributed by atoms with van der Waals surface area (Å²) in [6.07, 6.45) is 13.3. The van der Waals surface area contributed by atoms with Gasteiger partial charge in [0.1, 0.15) is 5.78 Å². The average molecular weight is 286 g/mol. The summed E-state index contributed by atoms with van der Waals surface area (Å²) < 4.78 is 0. The fourth-order valence-electron chi connectivity index (χ4n) is 7.11. The summed E-state index contributed by atoms with van der Waals surface area (Å²) in [5.41, 5.74) is 0.540. The lowest BCUT2D eigenvalue weighted by atomic mass is 9.44. The summed E-state index contributed by atoms with van der Waals surface area (Å²) in [6.45, 7) is 7.36. The van der Waals surface area contributed by atoms with E-state index in [1.807, 2.05) is 0 Å². The van der Waals surface area contributed by atoms with Gasteiger partial charge in [-0.3, -0.25) is 4.79 Å². The molecule has 0 amide bonds. The summed E-state index contributed by atoms with van der Waals surface area (Å²) in [6, 6.07) is 0. The molecular formula is C20H30O. The van der Waals surface area contributed by atoms with Crippen LogP contribution in [0.4, 0.5) is 0 Å². The Bertz CT molecular complexity index is 492. The monoisotopic (exact) mass is 286 g/mol. The van der Waals surface area contributed by atoms with E-state index >= 15 is 0 Å². The number of carbonyl (C=O) groups is 1. The van der Waals surface area contributed by atoms with E-state index in [0.29, 0.717) is 17.1 Å². The van der Waals surface area contributed by atoms with Crippen molar-refractivity contribution >= 4 is 5.78 Å². The van der Waals surface area contributed by atoms with E-state index < -0.39 is 0 Å². The first-order valence-corrected chi connectivity index (χ1v) is 9.15. The number of Topliss-reactive ketones (excluding diaryl/α,β-unsaturated/α-hetero) is 1. The molecule has 0 aromatic heterocycles. The van der Waals surface area contributed by atoms with Crippen molar-refractivity contribution in [2.75, 3.05) is 0 Å². The number of carbonyl (C=O) groups excluding carboxylic acids is 1. The fraction of sp³-hybridized carbons (Fsp3) is 0.850. The standard InChI is InChI=1S/C20H30O/c1-13-12-14-16-7-8-18(21)20(16,3)11-9-17(14)19(2)10-5-4-6-15(13)19/h4-5,13-17H,6-12H2,1-3H3/t13-,14+,15-,16+,17+,19+,20+/m1/s1. The Morgan fingerprint density at radius 2 is 1.90 bits per heavy atom. The Kier molecular flexibility index (Phi) is 2.98. The second kappa shape index (κ2) is 4.46. The van der Waals surface area contributed by atoms with Crippen LogP contribution in [0.5, 0.6) is 0 Å². The van der Waals surface area contributed by atoms with Crippen LogP contribution in [0, 0.1) is 40.4 Å². The van der Waals surface area contributed by atoms with Gasteiger partial charge in [0.25, 0.3) is 0 Å². The number of allylic oxidation sites excluding steroid dienone is 2. The third kappa shape index (κ3) is 1.72. The topological polar surface area (TPSA) is 17.1 Å². The van der Waals surface area contributed by atoms with Gasteiger partial charge in [0.2, 0.25) is 0 Å². The van der Waals surface area contributed by atoms with E-state index in [-0.39, 0.29) is 5.41 Å². The molecule has 4 aliphatic carbocycles. The SMILES string of the molecule is C[C@@H]1C[C@@H]2[C@H](CC[C@]3(C)C(=O)CC[C@@H]23)[C@@]2(C)CC=CC[C@H]12. The molecule has 1 heteroatoms. The van der Waals surface area contributed by atoms with E-state index in [1.54, 1.807) is 0 Å². The van der Waals surface area contributed by atoms with Crippen molar-refractivity contribution in [3.05, 3.63) is 12.2 Å². The molecule has 0 unspecified atom stereocenters. The largest absolute Gasteiger partial charge is 0.299 e. The highest BCUT2D eigenvalue weighted by molar-refractivity contribution is 5.87. The highest BCUT2D eigenvalue weighted by Crippen LogP contribution is 2.65. The molecule has 116 valence electrons. The molecule has 0 N–H and O–H groups in total. The summed E-state index contributed by atoms with van der Waals surface area (Å²) in [5, 5.41) is 0. The zero-order valence-corrected chi connectivity index (χ0v) is 13.9. The van der Waals surface area contributed by atoms with Crippen molar-refractivity contribution in [1.82, 2.24) is 0 Å². The molecule has 0 spiro atoms. The quantitative estimate of drug-likeness (QED) is 0.572. The van der Waals surface area contributed by atoms with Gasteiger partial charge in [0.05, 0.1) is 0 Å². The predicted molar refractivity (Wildman–Crippen MR) is 85.8 cm³/mol. The van der Waals surface area contributed by atoms with Gasteiger partial charge >= 0.3 is 0 Å². The Morgan fingerprint density at radius 1 is 1.10 bits per heavy atom. The fourth-order valence-corrected chi connectivity index (χ4v) is 7.11. The third-order valence-electron chi connectivity index (χ3n) is 8.29. The van der Waals surface area contributed by atoms with Gasteiger partial charge in [0.15, 0.2) is 0 Å². The Morgan fingerprint density at radius 3 is 2.71 bits per heavy atom. The van der Waals surface area contributed by atoms with Gasteiger partial charge in [-0.1, -0.05) is 32.9 Å². The molecule has 0 aromatic rings. The zero-order chi connectivity index (χ0) is 14.8. The smallest absolute Gasteiger partial charge is 0.139 e. The molecule has 0 aromatic carbocycles. The lowest BCUT2D eigenvalue weighted by Gasteiger charge is -2.60. The highest BCUT2D eigenvalue weighted by Gasteiger charge is 2.60. The van der Waals surface area contributed by atoms with Crippen LogP contribution < -0.4 is 0 Å². The van der Waals surface area contributed by atoms with E-state index in [4.69, 9.17) is 0 Å². The van der Waals surface area contributed by atoms with Crippen LogP contribution in [0.15, 0.2) is 12.2 Å². The van der Waals surface area contributed by atoms with Crippen molar-refractivity contribution in [3.63, 3.8) is 0 Å². The molecule has 0 aliphatic heterocycles. The number of hydrogen-bond acceptors (Lipinski definition) is 1. The summed E-state index contributed by atoms with van der Waals surface area (Å²) >= 11 is 0. The Labute approximate surface area is 129 Å². The molecule has 0 radical (unpaired) electrons. The second-order valence-corrected chi connectivity index (χ2v) is 9.03. The first-order chi connectivity index (χ1) is 9.97. The average Bonchev–Trinajstić information content (AvgIpc) is 2.75. The second-order valence-electron chi connectivity index (χ2n) is 9.03. The zero-order valence-electron chi connectivity index (χ0n) is 13.9. The van der Waals surface area contributed by atoms with Crippen LogP contribution in [0.25, 0.3) is 0 Å². The molecule has 3 fully saturated rings. The molecule has 7 atom stereocenters. The van der Waals surface area contributed by atoms with E-state index in [0.717, 1.165) is 36.5 Å². The molecule has 0 saturated heterocycles. The number of ketones is 1. The molecule has 4 rings (SSSR count). The molecule has 21 heavy (non-hydrogen) atoms. The van der Waals surface area contributed by atoms with Crippen LogP contribution in [0.3, 0.4) is 0 Å². The lowest BCUT2D eigenvalue weighted by Crippen LogP contribution is -2.54. The van der Waals surface area contributed by atoms with Crippen LogP contribution >= 0.6 is 0 Å². The maximum atomic E-state index is 12.4. The van der Waals surface area contributed by atoms with Gasteiger partial charge in [-0.15, -0.1) is 0 Å². The molecule has 0 heterocycles. The maximum Gasteiger partial charge on any atom is 0.139 e. The van der Waals surface area contributed by atoms with Crippen molar-refractivity contribution < 1.29 is 4.79 Å². The van der Waals surface area contributed by atoms with Crippen molar-refractivity contribution in [2.24, 2.45) is 40.4 Å². The minimum atomic E-state index is 0.0363. The minimum Gasteiger partial charge on any atom is -0.299 e. The minimum absolute atomic E-state index is 0.0363. The lowest BCUT2D eigenvalue weighted by molar-refractivity contribution is -0.140. The Balaban J connectivity index is 1.71. The first kappa shape index (κ1) is 14.0. The van der Waals surface area contributed by atoms with E-state index in [9.17, 15) is 4.79 Å². The number of rotatable bonds is 0. The Hall–Kier alpha value is -0.590. The van der Waals surface area contributed by atoms with Crippen LogP contribution in [0.2, 0.25) is 0 Å². The first-order valence-electron chi connectivity index (χ1n) is 9.15. The van der Waals surface area contributed by atoms with Gasteiger partial charge in [-0.25, -0.2) is 0 Å². The number of hydrogen-bond donors (Lipinski definition) is 0. The van der Waals surface area contributed by atoms with Gasteiger partial charge in [-0.05, 0) is 73.5 Å². The molecule has 4 aliphatic rings. The van der Waals surface area contributed by atoms with Gasteiger partial charge in [-0.2, -0.15) is 0 Å². The maximum absolute atomic E-state index is 12.4. The highest BCUT2D eigenvalue weighted by atomic mass is 16.1. The van der Waals surface area contributed by atoms with Crippen molar-refractivity contribution in [1.29, 1.82) is 0 Å².